The lowest BCUT2D eigenvalue weighted by Gasteiger charge is -2.07. The van der Waals surface area contributed by atoms with Crippen LogP contribution >= 0.6 is 11.3 Å². The molecule has 20 heavy (non-hydrogen) atoms. The summed E-state index contributed by atoms with van der Waals surface area (Å²) in [7, 11) is -4.14. The molecule has 0 unspecified atom stereocenters. The molecule has 5 nitrogen and oxygen atoms in total. The van der Waals surface area contributed by atoms with E-state index in [0.717, 1.165) is 11.3 Å². The third-order valence-electron chi connectivity index (χ3n) is 2.40. The molecule has 2 aromatic rings. The van der Waals surface area contributed by atoms with E-state index in [1.165, 1.54) is 6.20 Å². The average Bonchev–Trinajstić information content (AvgIpc) is 2.79. The number of sulfone groups is 1. The topological polar surface area (TPSA) is 84.3 Å². The van der Waals surface area contributed by atoms with Gasteiger partial charge < -0.3 is 5.11 Å². The van der Waals surface area contributed by atoms with Gasteiger partial charge in [-0.2, -0.15) is 0 Å². The Bertz CT molecular complexity index is 757. The van der Waals surface area contributed by atoms with E-state index in [2.05, 4.69) is 4.98 Å². The van der Waals surface area contributed by atoms with E-state index >= 15 is 0 Å². The quantitative estimate of drug-likeness (QED) is 0.872. The number of halogens is 2. The van der Waals surface area contributed by atoms with Crippen molar-refractivity contribution in [2.24, 2.45) is 0 Å². The smallest absolute Gasteiger partial charge is 0.341 e. The number of benzene rings is 1. The number of hydrogen-bond donors (Lipinski definition) is 1. The molecule has 0 spiro atoms. The largest absolute Gasteiger partial charge is 0.477 e. The second-order valence-corrected chi connectivity index (χ2v) is 6.66. The van der Waals surface area contributed by atoms with Crippen molar-refractivity contribution in [2.45, 2.75) is 10.6 Å². The van der Waals surface area contributed by atoms with Crippen molar-refractivity contribution in [1.82, 2.24) is 4.98 Å². The number of carboxylic acid groups (broad SMARTS) is 1. The summed E-state index contributed by atoms with van der Waals surface area (Å²) in [5.41, 5.74) is -1.29. The Morgan fingerprint density at radius 3 is 2.60 bits per heavy atom. The van der Waals surface area contributed by atoms with Crippen LogP contribution in [0.2, 0.25) is 0 Å². The fourth-order valence-corrected chi connectivity index (χ4v) is 3.88. The van der Waals surface area contributed by atoms with Crippen molar-refractivity contribution in [1.29, 1.82) is 0 Å². The monoisotopic (exact) mass is 319 g/mol. The Hall–Kier alpha value is -1.87. The predicted molar refractivity (Wildman–Crippen MR) is 66.3 cm³/mol. The number of carboxylic acids is 1. The first-order valence-electron chi connectivity index (χ1n) is 5.15. The number of aromatic carboxylic acids is 1. The standard InChI is InChI=1S/C11H7F2NO4S2/c12-6-1-2-7(10(13)9(6)11(15)16)20(17,18)5-8-14-3-4-19-8/h1-4H,5H2,(H,15,16). The first kappa shape index (κ1) is 14.5. The molecule has 0 amide bonds. The minimum Gasteiger partial charge on any atom is -0.477 e. The summed E-state index contributed by atoms with van der Waals surface area (Å²) >= 11 is 1.06. The molecule has 0 saturated carbocycles. The van der Waals surface area contributed by atoms with Gasteiger partial charge in [-0.1, -0.05) is 0 Å². The van der Waals surface area contributed by atoms with E-state index in [1.54, 1.807) is 5.38 Å². The molecular formula is C11H7F2NO4S2. The van der Waals surface area contributed by atoms with Crippen molar-refractivity contribution >= 4 is 27.1 Å². The zero-order valence-corrected chi connectivity index (χ0v) is 11.3. The average molecular weight is 319 g/mol. The number of nitrogens with zero attached hydrogens (tertiary/aromatic N) is 1. The third kappa shape index (κ3) is 2.68. The zero-order chi connectivity index (χ0) is 14.9. The molecule has 0 atom stereocenters. The van der Waals surface area contributed by atoms with Crippen molar-refractivity contribution in [3.05, 3.63) is 45.9 Å². The lowest BCUT2D eigenvalue weighted by Crippen LogP contribution is -2.12. The molecule has 0 aliphatic heterocycles. The number of carbonyl (C=O) groups is 1. The Labute approximate surface area is 116 Å². The summed E-state index contributed by atoms with van der Waals surface area (Å²) in [4.78, 5) is 13.7. The molecule has 2 rings (SSSR count). The second-order valence-electron chi connectivity index (χ2n) is 3.72. The summed E-state index contributed by atoms with van der Waals surface area (Å²) in [5, 5.41) is 10.5. The predicted octanol–water partition coefficient (Wildman–Crippen LogP) is 2.09. The lowest BCUT2D eigenvalue weighted by molar-refractivity contribution is 0.0685. The molecule has 0 saturated heterocycles. The molecule has 1 heterocycles. The van der Waals surface area contributed by atoms with Crippen LogP contribution in [-0.4, -0.2) is 24.5 Å². The van der Waals surface area contributed by atoms with Gasteiger partial charge in [-0.05, 0) is 12.1 Å². The zero-order valence-electron chi connectivity index (χ0n) is 9.71. The first-order valence-corrected chi connectivity index (χ1v) is 7.68. The van der Waals surface area contributed by atoms with Gasteiger partial charge >= 0.3 is 5.97 Å². The second kappa shape index (κ2) is 5.25. The maximum atomic E-state index is 13.9. The van der Waals surface area contributed by atoms with Crippen LogP contribution in [0.25, 0.3) is 0 Å². The van der Waals surface area contributed by atoms with E-state index in [1.807, 2.05) is 0 Å². The number of aromatic nitrogens is 1. The Balaban J connectivity index is 2.53. The fourth-order valence-electron chi connectivity index (χ4n) is 1.53. The van der Waals surface area contributed by atoms with Gasteiger partial charge in [-0.25, -0.2) is 27.0 Å². The van der Waals surface area contributed by atoms with E-state index in [-0.39, 0.29) is 5.01 Å². The first-order chi connectivity index (χ1) is 9.33. The van der Waals surface area contributed by atoms with Crippen LogP contribution in [0, 0.1) is 11.6 Å². The minimum absolute atomic E-state index is 0.227. The molecule has 0 bridgehead atoms. The fraction of sp³-hybridized carbons (Fsp3) is 0.0909. The summed E-state index contributed by atoms with van der Waals surface area (Å²) < 4.78 is 51.1. The third-order valence-corrected chi connectivity index (χ3v) is 5.00. The minimum atomic E-state index is -4.14. The van der Waals surface area contributed by atoms with Gasteiger partial charge in [0.15, 0.2) is 15.7 Å². The Kier molecular flexibility index (Phi) is 3.82. The van der Waals surface area contributed by atoms with Crippen molar-refractivity contribution in [3.63, 3.8) is 0 Å². The van der Waals surface area contributed by atoms with Crippen molar-refractivity contribution in [3.8, 4) is 0 Å². The summed E-state index contributed by atoms with van der Waals surface area (Å²) in [6.07, 6.45) is 1.39. The summed E-state index contributed by atoms with van der Waals surface area (Å²) in [6.45, 7) is 0. The molecule has 1 N–H and O–H groups in total. The molecule has 0 fully saturated rings. The molecule has 106 valence electrons. The van der Waals surface area contributed by atoms with Crippen LogP contribution in [-0.2, 0) is 15.6 Å². The summed E-state index contributed by atoms with van der Waals surface area (Å²) in [6, 6.07) is 1.32. The van der Waals surface area contributed by atoms with Crippen LogP contribution in [0.1, 0.15) is 15.4 Å². The Morgan fingerprint density at radius 1 is 1.35 bits per heavy atom. The van der Waals surface area contributed by atoms with Gasteiger partial charge in [0.1, 0.15) is 27.0 Å². The normalized spacial score (nSPS) is 11.5. The molecule has 0 aliphatic rings. The number of rotatable bonds is 4. The van der Waals surface area contributed by atoms with E-state index < -0.39 is 43.7 Å². The van der Waals surface area contributed by atoms with Gasteiger partial charge in [-0.3, -0.25) is 0 Å². The number of hydrogen-bond acceptors (Lipinski definition) is 5. The van der Waals surface area contributed by atoms with Crippen molar-refractivity contribution in [2.75, 3.05) is 0 Å². The van der Waals surface area contributed by atoms with E-state index in [0.29, 0.717) is 12.1 Å². The molecule has 9 heteroatoms. The van der Waals surface area contributed by atoms with Gasteiger partial charge in [0.25, 0.3) is 0 Å². The van der Waals surface area contributed by atoms with Crippen LogP contribution in [0.4, 0.5) is 8.78 Å². The maximum absolute atomic E-state index is 13.9. The highest BCUT2D eigenvalue weighted by Crippen LogP contribution is 2.24. The van der Waals surface area contributed by atoms with Crippen LogP contribution in [0.15, 0.2) is 28.6 Å². The van der Waals surface area contributed by atoms with Crippen LogP contribution in [0.5, 0.6) is 0 Å². The lowest BCUT2D eigenvalue weighted by atomic mass is 10.2. The van der Waals surface area contributed by atoms with E-state index in [4.69, 9.17) is 5.11 Å². The highest BCUT2D eigenvalue weighted by Gasteiger charge is 2.27. The van der Waals surface area contributed by atoms with Gasteiger partial charge in [0, 0.05) is 11.6 Å². The molecule has 1 aromatic carbocycles. The summed E-state index contributed by atoms with van der Waals surface area (Å²) in [5.74, 6) is -5.38. The van der Waals surface area contributed by atoms with Crippen molar-refractivity contribution < 1.29 is 27.1 Å². The van der Waals surface area contributed by atoms with Crippen LogP contribution < -0.4 is 0 Å². The Morgan fingerprint density at radius 2 is 2.05 bits per heavy atom. The highest BCUT2D eigenvalue weighted by atomic mass is 32.2. The SMILES string of the molecule is O=C(O)c1c(F)ccc(S(=O)(=O)Cc2nccs2)c1F. The molecule has 0 aliphatic carbocycles. The highest BCUT2D eigenvalue weighted by molar-refractivity contribution is 7.90. The number of thiazole rings is 1. The van der Waals surface area contributed by atoms with Gasteiger partial charge in [0.05, 0.1) is 0 Å². The van der Waals surface area contributed by atoms with Crippen LogP contribution in [0.3, 0.4) is 0 Å². The maximum Gasteiger partial charge on any atom is 0.341 e. The van der Waals surface area contributed by atoms with Gasteiger partial charge in [-0.15, -0.1) is 11.3 Å². The van der Waals surface area contributed by atoms with E-state index in [9.17, 15) is 22.0 Å². The molecule has 1 aromatic heterocycles. The molecule has 0 radical (unpaired) electrons. The van der Waals surface area contributed by atoms with Gasteiger partial charge in [0.2, 0.25) is 0 Å². The molecular weight excluding hydrogens is 312 g/mol.